The van der Waals surface area contributed by atoms with Crippen molar-refractivity contribution in [2.24, 2.45) is 0 Å². The molecule has 2 rings (SSSR count). The van der Waals surface area contributed by atoms with Crippen LogP contribution in [0.4, 0.5) is 14.5 Å². The highest BCUT2D eigenvalue weighted by atomic mass is 19.3. The van der Waals surface area contributed by atoms with Crippen molar-refractivity contribution in [3.05, 3.63) is 30.0 Å². The molecule has 0 spiro atoms. The normalized spacial score (nSPS) is 11.3. The van der Waals surface area contributed by atoms with Crippen molar-refractivity contribution in [1.82, 2.24) is 0 Å². The van der Waals surface area contributed by atoms with Gasteiger partial charge in [0.05, 0.1) is 5.56 Å². The SMILES string of the molecule is Nc1ccc2occ(C(F)F)c2c1. The molecule has 2 aromatic rings. The van der Waals surface area contributed by atoms with Crippen LogP contribution in [0.15, 0.2) is 28.9 Å². The van der Waals surface area contributed by atoms with Crippen molar-refractivity contribution in [1.29, 1.82) is 0 Å². The van der Waals surface area contributed by atoms with Gasteiger partial charge in [0.25, 0.3) is 6.43 Å². The van der Waals surface area contributed by atoms with Crippen LogP contribution in [0.5, 0.6) is 0 Å². The van der Waals surface area contributed by atoms with Gasteiger partial charge >= 0.3 is 0 Å². The highest BCUT2D eigenvalue weighted by molar-refractivity contribution is 5.84. The van der Waals surface area contributed by atoms with Crippen LogP contribution < -0.4 is 5.73 Å². The van der Waals surface area contributed by atoms with Gasteiger partial charge in [0.1, 0.15) is 11.8 Å². The van der Waals surface area contributed by atoms with E-state index in [0.717, 1.165) is 6.26 Å². The van der Waals surface area contributed by atoms with Gasteiger partial charge in [0.15, 0.2) is 0 Å². The molecule has 1 heterocycles. The number of anilines is 1. The van der Waals surface area contributed by atoms with Crippen molar-refractivity contribution in [3.63, 3.8) is 0 Å². The molecule has 0 saturated heterocycles. The third-order valence-corrected chi connectivity index (χ3v) is 1.86. The first-order valence-corrected chi connectivity index (χ1v) is 3.73. The van der Waals surface area contributed by atoms with Crippen molar-refractivity contribution >= 4 is 16.7 Å². The molecule has 13 heavy (non-hydrogen) atoms. The maximum Gasteiger partial charge on any atom is 0.267 e. The van der Waals surface area contributed by atoms with E-state index in [2.05, 4.69) is 0 Å². The summed E-state index contributed by atoms with van der Waals surface area (Å²) in [7, 11) is 0. The quantitative estimate of drug-likeness (QED) is 0.690. The van der Waals surface area contributed by atoms with Gasteiger partial charge in [-0.05, 0) is 18.2 Å². The predicted octanol–water partition coefficient (Wildman–Crippen LogP) is 2.95. The van der Waals surface area contributed by atoms with Gasteiger partial charge in [-0.1, -0.05) is 0 Å². The fraction of sp³-hybridized carbons (Fsp3) is 0.111. The molecule has 0 unspecified atom stereocenters. The Balaban J connectivity index is 2.71. The van der Waals surface area contributed by atoms with E-state index < -0.39 is 6.43 Å². The number of nitrogen functional groups attached to an aromatic ring is 1. The summed E-state index contributed by atoms with van der Waals surface area (Å²) in [5.41, 5.74) is 6.25. The zero-order chi connectivity index (χ0) is 9.42. The second-order valence-electron chi connectivity index (χ2n) is 2.75. The first kappa shape index (κ1) is 8.04. The van der Waals surface area contributed by atoms with Gasteiger partial charge in [0.2, 0.25) is 0 Å². The van der Waals surface area contributed by atoms with Crippen LogP contribution in [0.2, 0.25) is 0 Å². The van der Waals surface area contributed by atoms with Gasteiger partial charge in [-0.15, -0.1) is 0 Å². The molecule has 68 valence electrons. The summed E-state index contributed by atoms with van der Waals surface area (Å²) in [6.45, 7) is 0. The first-order valence-electron chi connectivity index (χ1n) is 3.73. The number of furan rings is 1. The summed E-state index contributed by atoms with van der Waals surface area (Å²) in [4.78, 5) is 0. The number of rotatable bonds is 1. The first-order chi connectivity index (χ1) is 6.18. The van der Waals surface area contributed by atoms with Crippen LogP contribution in [-0.4, -0.2) is 0 Å². The van der Waals surface area contributed by atoms with E-state index in [0.29, 0.717) is 16.7 Å². The van der Waals surface area contributed by atoms with Crippen molar-refractivity contribution in [2.75, 3.05) is 5.73 Å². The zero-order valence-electron chi connectivity index (χ0n) is 6.63. The number of nitrogens with two attached hydrogens (primary N) is 1. The Morgan fingerprint density at radius 1 is 1.31 bits per heavy atom. The van der Waals surface area contributed by atoms with Gasteiger partial charge in [-0.3, -0.25) is 0 Å². The summed E-state index contributed by atoms with van der Waals surface area (Å²) in [6, 6.07) is 4.68. The molecule has 0 aliphatic rings. The smallest absolute Gasteiger partial charge is 0.267 e. The molecule has 0 aliphatic carbocycles. The van der Waals surface area contributed by atoms with Crippen LogP contribution in [0.1, 0.15) is 12.0 Å². The molecular formula is C9H7F2NO. The Morgan fingerprint density at radius 3 is 2.77 bits per heavy atom. The molecule has 2 nitrogen and oxygen atoms in total. The molecule has 0 radical (unpaired) electrons. The Hall–Kier alpha value is -1.58. The van der Waals surface area contributed by atoms with Gasteiger partial charge in [0, 0.05) is 11.1 Å². The van der Waals surface area contributed by atoms with Gasteiger partial charge in [-0.2, -0.15) is 0 Å². The van der Waals surface area contributed by atoms with Gasteiger partial charge in [-0.25, -0.2) is 8.78 Å². The summed E-state index contributed by atoms with van der Waals surface area (Å²) in [5.74, 6) is 0. The summed E-state index contributed by atoms with van der Waals surface area (Å²) < 4.78 is 29.7. The minimum Gasteiger partial charge on any atom is -0.464 e. The van der Waals surface area contributed by atoms with Gasteiger partial charge < -0.3 is 10.2 Å². The molecule has 0 fully saturated rings. The zero-order valence-corrected chi connectivity index (χ0v) is 6.63. The van der Waals surface area contributed by atoms with E-state index in [1.165, 1.54) is 6.07 Å². The summed E-state index contributed by atoms with van der Waals surface area (Å²) in [5, 5.41) is 0.384. The highest BCUT2D eigenvalue weighted by Crippen LogP contribution is 2.30. The molecule has 0 aliphatic heterocycles. The molecule has 0 bridgehead atoms. The molecular weight excluding hydrogens is 176 g/mol. The fourth-order valence-electron chi connectivity index (χ4n) is 1.24. The number of hydrogen-bond donors (Lipinski definition) is 1. The monoisotopic (exact) mass is 183 g/mol. The van der Waals surface area contributed by atoms with Crippen LogP contribution in [-0.2, 0) is 0 Å². The number of halogens is 2. The number of hydrogen-bond acceptors (Lipinski definition) is 2. The third-order valence-electron chi connectivity index (χ3n) is 1.86. The molecule has 0 amide bonds. The summed E-state index contributed by atoms with van der Waals surface area (Å²) >= 11 is 0. The molecule has 0 saturated carbocycles. The Morgan fingerprint density at radius 2 is 2.08 bits per heavy atom. The largest absolute Gasteiger partial charge is 0.464 e. The lowest BCUT2D eigenvalue weighted by molar-refractivity contribution is 0.152. The lowest BCUT2D eigenvalue weighted by Crippen LogP contribution is -1.84. The van der Waals surface area contributed by atoms with E-state index in [9.17, 15) is 8.78 Å². The topological polar surface area (TPSA) is 39.2 Å². The van der Waals surface area contributed by atoms with E-state index in [1.54, 1.807) is 12.1 Å². The fourth-order valence-corrected chi connectivity index (χ4v) is 1.24. The van der Waals surface area contributed by atoms with Crippen molar-refractivity contribution < 1.29 is 13.2 Å². The second kappa shape index (κ2) is 2.73. The maximum atomic E-state index is 12.4. The van der Waals surface area contributed by atoms with Crippen molar-refractivity contribution in [3.8, 4) is 0 Å². The molecule has 4 heteroatoms. The number of benzene rings is 1. The standard InChI is InChI=1S/C9H7F2NO/c10-9(11)7-4-13-8-2-1-5(12)3-6(7)8/h1-4,9H,12H2. The minimum absolute atomic E-state index is 0.109. The van der Waals surface area contributed by atoms with Crippen LogP contribution in [0, 0.1) is 0 Å². The third kappa shape index (κ3) is 1.24. The average molecular weight is 183 g/mol. The lowest BCUT2D eigenvalue weighted by atomic mass is 10.1. The van der Waals surface area contributed by atoms with Crippen molar-refractivity contribution in [2.45, 2.75) is 6.43 Å². The van der Waals surface area contributed by atoms with E-state index in [4.69, 9.17) is 10.2 Å². The molecule has 2 N–H and O–H groups in total. The van der Waals surface area contributed by atoms with Crippen LogP contribution >= 0.6 is 0 Å². The van der Waals surface area contributed by atoms with Crippen LogP contribution in [0.3, 0.4) is 0 Å². The Bertz CT molecular complexity index is 436. The Labute approximate surface area is 72.9 Å². The second-order valence-corrected chi connectivity index (χ2v) is 2.75. The lowest BCUT2D eigenvalue weighted by Gasteiger charge is -1.95. The average Bonchev–Trinajstić information content (AvgIpc) is 2.46. The van der Waals surface area contributed by atoms with E-state index >= 15 is 0 Å². The molecule has 1 aromatic carbocycles. The minimum atomic E-state index is -2.52. The number of fused-ring (bicyclic) bond motifs is 1. The van der Waals surface area contributed by atoms with Crippen LogP contribution in [0.25, 0.3) is 11.0 Å². The molecule has 0 atom stereocenters. The molecule has 1 aromatic heterocycles. The Kier molecular flexibility index (Phi) is 1.69. The van der Waals surface area contributed by atoms with E-state index in [1.807, 2.05) is 0 Å². The predicted molar refractivity (Wildman–Crippen MR) is 45.6 cm³/mol. The maximum absolute atomic E-state index is 12.4. The van der Waals surface area contributed by atoms with E-state index in [-0.39, 0.29) is 5.56 Å². The summed E-state index contributed by atoms with van der Waals surface area (Å²) in [6.07, 6.45) is -1.46. The number of alkyl halides is 2. The highest BCUT2D eigenvalue weighted by Gasteiger charge is 2.14.